The van der Waals surface area contributed by atoms with Gasteiger partial charge in [0.1, 0.15) is 0 Å². The van der Waals surface area contributed by atoms with E-state index in [-0.39, 0.29) is 24.3 Å². The number of hydrogen-bond donors (Lipinski definition) is 1. The first kappa shape index (κ1) is 18.9. The molecule has 1 aromatic rings. The summed E-state index contributed by atoms with van der Waals surface area (Å²) in [6, 6.07) is 7.63. The molecule has 1 saturated heterocycles. The van der Waals surface area contributed by atoms with Gasteiger partial charge in [-0.15, -0.1) is 0 Å². The summed E-state index contributed by atoms with van der Waals surface area (Å²) in [6.45, 7) is 3.43. The van der Waals surface area contributed by atoms with E-state index in [1.54, 1.807) is 4.90 Å². The van der Waals surface area contributed by atoms with Crippen molar-refractivity contribution >= 4 is 11.8 Å². The third-order valence-corrected chi connectivity index (χ3v) is 5.35. The SMILES string of the molecule is CN(C)C[C@H]1C[C@H](CO)CN(C(=O)CCN2Cc3ccccc3C2=O)C1. The number of likely N-dealkylation sites (tertiary alicyclic amines) is 1. The normalized spacial score (nSPS) is 22.8. The fourth-order valence-corrected chi connectivity index (χ4v) is 4.19. The smallest absolute Gasteiger partial charge is 0.254 e. The number of carbonyl (C=O) groups is 2. The summed E-state index contributed by atoms with van der Waals surface area (Å²) in [5.41, 5.74) is 1.79. The van der Waals surface area contributed by atoms with E-state index in [9.17, 15) is 14.7 Å². The van der Waals surface area contributed by atoms with E-state index in [1.165, 1.54) is 0 Å². The largest absolute Gasteiger partial charge is 0.396 e. The molecule has 0 bridgehead atoms. The summed E-state index contributed by atoms with van der Waals surface area (Å²) < 4.78 is 0. The third-order valence-electron chi connectivity index (χ3n) is 5.35. The highest BCUT2D eigenvalue weighted by Gasteiger charge is 2.31. The van der Waals surface area contributed by atoms with Crippen LogP contribution in [0.25, 0.3) is 0 Å². The van der Waals surface area contributed by atoms with Gasteiger partial charge in [-0.2, -0.15) is 0 Å². The van der Waals surface area contributed by atoms with Gasteiger partial charge in [0.2, 0.25) is 5.91 Å². The Morgan fingerprint density at radius 2 is 1.96 bits per heavy atom. The van der Waals surface area contributed by atoms with Crippen LogP contribution in [0.4, 0.5) is 0 Å². The van der Waals surface area contributed by atoms with Gasteiger partial charge in [-0.25, -0.2) is 0 Å². The van der Waals surface area contributed by atoms with E-state index in [0.29, 0.717) is 32.0 Å². The van der Waals surface area contributed by atoms with Gasteiger partial charge < -0.3 is 19.8 Å². The van der Waals surface area contributed by atoms with Crippen molar-refractivity contribution in [1.29, 1.82) is 0 Å². The lowest BCUT2D eigenvalue weighted by molar-refractivity contribution is -0.134. The van der Waals surface area contributed by atoms with Crippen LogP contribution in [0.2, 0.25) is 0 Å². The van der Waals surface area contributed by atoms with E-state index >= 15 is 0 Å². The second-order valence-electron chi connectivity index (χ2n) is 7.85. The molecule has 0 spiro atoms. The lowest BCUT2D eigenvalue weighted by Crippen LogP contribution is -2.47. The van der Waals surface area contributed by atoms with Crippen LogP contribution in [-0.4, -0.2) is 78.5 Å². The summed E-state index contributed by atoms with van der Waals surface area (Å²) in [7, 11) is 4.07. The topological polar surface area (TPSA) is 64.1 Å². The summed E-state index contributed by atoms with van der Waals surface area (Å²) in [5, 5.41) is 9.58. The molecular weight excluding hydrogens is 330 g/mol. The molecule has 2 aliphatic heterocycles. The molecule has 2 aliphatic rings. The lowest BCUT2D eigenvalue weighted by Gasteiger charge is -2.38. The van der Waals surface area contributed by atoms with Crippen molar-refractivity contribution in [3.05, 3.63) is 35.4 Å². The number of aliphatic hydroxyl groups excluding tert-OH is 1. The zero-order valence-electron chi connectivity index (χ0n) is 15.7. The van der Waals surface area contributed by atoms with Gasteiger partial charge in [0.15, 0.2) is 0 Å². The first-order chi connectivity index (χ1) is 12.5. The van der Waals surface area contributed by atoms with Gasteiger partial charge in [0, 0.05) is 51.3 Å². The molecule has 2 amide bonds. The summed E-state index contributed by atoms with van der Waals surface area (Å²) >= 11 is 0. The van der Waals surface area contributed by atoms with Crippen LogP contribution < -0.4 is 0 Å². The van der Waals surface area contributed by atoms with Crippen molar-refractivity contribution in [1.82, 2.24) is 14.7 Å². The number of aliphatic hydroxyl groups is 1. The molecule has 2 atom stereocenters. The van der Waals surface area contributed by atoms with Crippen LogP contribution >= 0.6 is 0 Å². The van der Waals surface area contributed by atoms with E-state index in [1.807, 2.05) is 43.3 Å². The molecule has 26 heavy (non-hydrogen) atoms. The van der Waals surface area contributed by atoms with Crippen molar-refractivity contribution in [2.45, 2.75) is 19.4 Å². The Labute approximate surface area is 155 Å². The van der Waals surface area contributed by atoms with E-state index in [2.05, 4.69) is 4.90 Å². The fraction of sp³-hybridized carbons (Fsp3) is 0.600. The predicted octanol–water partition coefficient (Wildman–Crippen LogP) is 1.05. The summed E-state index contributed by atoms with van der Waals surface area (Å²) in [5.74, 6) is 0.634. The summed E-state index contributed by atoms with van der Waals surface area (Å²) in [6.07, 6.45) is 1.30. The van der Waals surface area contributed by atoms with Crippen molar-refractivity contribution in [2.75, 3.05) is 46.9 Å². The predicted molar refractivity (Wildman–Crippen MR) is 99.6 cm³/mol. The van der Waals surface area contributed by atoms with Gasteiger partial charge in [-0.1, -0.05) is 18.2 Å². The Balaban J connectivity index is 1.55. The molecule has 2 heterocycles. The number of fused-ring (bicyclic) bond motifs is 1. The van der Waals surface area contributed by atoms with Crippen LogP contribution in [0.5, 0.6) is 0 Å². The maximum Gasteiger partial charge on any atom is 0.254 e. The van der Waals surface area contributed by atoms with Gasteiger partial charge in [-0.05, 0) is 44.0 Å². The van der Waals surface area contributed by atoms with Gasteiger partial charge >= 0.3 is 0 Å². The maximum absolute atomic E-state index is 12.7. The van der Waals surface area contributed by atoms with Crippen LogP contribution in [0.15, 0.2) is 24.3 Å². The lowest BCUT2D eigenvalue weighted by atomic mass is 9.89. The van der Waals surface area contributed by atoms with Crippen LogP contribution in [0, 0.1) is 11.8 Å². The molecule has 1 fully saturated rings. The third kappa shape index (κ3) is 4.24. The Morgan fingerprint density at radius 3 is 2.65 bits per heavy atom. The molecule has 3 rings (SSSR count). The van der Waals surface area contributed by atoms with E-state index in [4.69, 9.17) is 0 Å². The summed E-state index contributed by atoms with van der Waals surface area (Å²) in [4.78, 5) is 30.9. The monoisotopic (exact) mass is 359 g/mol. The van der Waals surface area contributed by atoms with Crippen molar-refractivity contribution in [3.63, 3.8) is 0 Å². The minimum Gasteiger partial charge on any atom is -0.396 e. The molecule has 0 saturated carbocycles. The Bertz CT molecular complexity index is 661. The quantitative estimate of drug-likeness (QED) is 0.825. The van der Waals surface area contributed by atoms with Gasteiger partial charge in [-0.3, -0.25) is 9.59 Å². The van der Waals surface area contributed by atoms with Crippen LogP contribution in [0.3, 0.4) is 0 Å². The van der Waals surface area contributed by atoms with Crippen LogP contribution in [0.1, 0.15) is 28.8 Å². The standard InChI is InChI=1S/C20H29N3O3/c1-21(2)10-15-9-16(14-24)12-23(11-15)19(25)7-8-22-13-17-5-3-4-6-18(17)20(22)26/h3-6,15-16,24H,7-14H2,1-2H3/t15-,16+/m1/s1. The molecule has 1 aromatic carbocycles. The molecule has 142 valence electrons. The molecule has 6 nitrogen and oxygen atoms in total. The first-order valence-electron chi connectivity index (χ1n) is 9.38. The van der Waals surface area contributed by atoms with Crippen molar-refractivity contribution in [2.24, 2.45) is 11.8 Å². The number of rotatable bonds is 6. The Kier molecular flexibility index (Phi) is 5.94. The highest BCUT2D eigenvalue weighted by molar-refractivity contribution is 5.98. The maximum atomic E-state index is 12.7. The highest BCUT2D eigenvalue weighted by atomic mass is 16.3. The van der Waals surface area contributed by atoms with Gasteiger partial charge in [0.25, 0.3) is 5.91 Å². The Morgan fingerprint density at radius 1 is 1.23 bits per heavy atom. The van der Waals surface area contributed by atoms with E-state index in [0.717, 1.165) is 30.6 Å². The number of benzene rings is 1. The average molecular weight is 359 g/mol. The molecule has 1 N–H and O–H groups in total. The second kappa shape index (κ2) is 8.18. The molecule has 0 aromatic heterocycles. The minimum atomic E-state index is 0.0192. The number of piperidine rings is 1. The Hall–Kier alpha value is -1.92. The highest BCUT2D eigenvalue weighted by Crippen LogP contribution is 2.25. The zero-order chi connectivity index (χ0) is 18.7. The van der Waals surface area contributed by atoms with Crippen molar-refractivity contribution in [3.8, 4) is 0 Å². The average Bonchev–Trinajstić information content (AvgIpc) is 2.95. The number of amides is 2. The first-order valence-corrected chi connectivity index (χ1v) is 9.38. The van der Waals surface area contributed by atoms with Crippen LogP contribution in [-0.2, 0) is 11.3 Å². The fourth-order valence-electron chi connectivity index (χ4n) is 4.19. The molecule has 0 aliphatic carbocycles. The number of nitrogens with zero attached hydrogens (tertiary/aromatic N) is 3. The van der Waals surface area contributed by atoms with Crippen molar-refractivity contribution < 1.29 is 14.7 Å². The second-order valence-corrected chi connectivity index (χ2v) is 7.85. The van der Waals surface area contributed by atoms with E-state index < -0.39 is 0 Å². The zero-order valence-corrected chi connectivity index (χ0v) is 15.7. The number of hydrogen-bond acceptors (Lipinski definition) is 4. The molecule has 0 unspecified atom stereocenters. The molecular formula is C20H29N3O3. The van der Waals surface area contributed by atoms with Gasteiger partial charge in [0.05, 0.1) is 0 Å². The minimum absolute atomic E-state index is 0.0192. The molecule has 0 radical (unpaired) electrons. The number of carbonyl (C=O) groups excluding carboxylic acids is 2. The molecule has 6 heteroatoms.